The fraction of sp³-hybridized carbons (Fsp3) is 0.455. The van der Waals surface area contributed by atoms with Gasteiger partial charge in [0.1, 0.15) is 5.69 Å². The Balaban J connectivity index is 2.22. The van der Waals surface area contributed by atoms with Crippen LogP contribution < -0.4 is 10.6 Å². The summed E-state index contributed by atoms with van der Waals surface area (Å²) in [6, 6.07) is 4.83. The van der Waals surface area contributed by atoms with Crippen LogP contribution in [0, 0.1) is 10.1 Å². The van der Waals surface area contributed by atoms with Gasteiger partial charge in [0.25, 0.3) is 5.69 Å². The number of nitro groups is 1. The van der Waals surface area contributed by atoms with Gasteiger partial charge in [0.05, 0.1) is 17.6 Å². The van der Waals surface area contributed by atoms with Crippen molar-refractivity contribution in [3.05, 3.63) is 28.3 Å². The van der Waals surface area contributed by atoms with Gasteiger partial charge in [-0.2, -0.15) is 0 Å². The molecule has 0 unspecified atom stereocenters. The summed E-state index contributed by atoms with van der Waals surface area (Å²) in [4.78, 5) is 12.3. The topological polar surface area (TPSA) is 81.6 Å². The van der Waals surface area contributed by atoms with Crippen LogP contribution in [0.5, 0.6) is 0 Å². The van der Waals surface area contributed by atoms with Gasteiger partial charge in [0, 0.05) is 24.8 Å². The molecular formula is C11H15N3O3. The van der Waals surface area contributed by atoms with E-state index < -0.39 is 4.92 Å². The molecule has 6 nitrogen and oxygen atoms in total. The van der Waals surface area contributed by atoms with Crippen molar-refractivity contribution in [3.63, 3.8) is 0 Å². The van der Waals surface area contributed by atoms with Crippen LogP contribution in [0.2, 0.25) is 0 Å². The van der Waals surface area contributed by atoms with E-state index >= 15 is 0 Å². The number of morpholine rings is 1. The highest BCUT2D eigenvalue weighted by molar-refractivity contribution is 5.66. The standard InChI is InChI=1S/C11H15N3O3/c1-8-7-13(4-5-17-8)9-2-3-11(14(15)16)10(12)6-9/h2-3,6,8H,4-5,7,12H2,1H3/t8-/m1/s1. The number of nitrogens with two attached hydrogens (primary N) is 1. The minimum atomic E-state index is -0.471. The number of anilines is 2. The summed E-state index contributed by atoms with van der Waals surface area (Å²) in [6.07, 6.45) is 0.167. The Morgan fingerprint density at radius 3 is 2.94 bits per heavy atom. The molecule has 0 aliphatic carbocycles. The normalized spacial score (nSPS) is 20.3. The second kappa shape index (κ2) is 4.58. The molecule has 1 fully saturated rings. The second-order valence-corrected chi connectivity index (χ2v) is 4.13. The maximum Gasteiger partial charge on any atom is 0.292 e. The Hall–Kier alpha value is -1.82. The molecule has 1 aliphatic rings. The maximum atomic E-state index is 10.7. The van der Waals surface area contributed by atoms with Crippen molar-refractivity contribution in [2.45, 2.75) is 13.0 Å². The zero-order chi connectivity index (χ0) is 12.4. The number of nitrogens with zero attached hydrogens (tertiary/aromatic N) is 2. The average Bonchev–Trinajstić information content (AvgIpc) is 2.28. The number of hydrogen-bond donors (Lipinski definition) is 1. The molecule has 92 valence electrons. The first-order chi connectivity index (χ1) is 8.08. The van der Waals surface area contributed by atoms with E-state index in [-0.39, 0.29) is 17.5 Å². The lowest BCUT2D eigenvalue weighted by Gasteiger charge is -2.32. The van der Waals surface area contributed by atoms with E-state index in [4.69, 9.17) is 10.5 Å². The van der Waals surface area contributed by atoms with Crippen molar-refractivity contribution >= 4 is 17.1 Å². The molecule has 1 aromatic rings. The van der Waals surface area contributed by atoms with Gasteiger partial charge >= 0.3 is 0 Å². The number of benzene rings is 1. The molecule has 0 bridgehead atoms. The fourth-order valence-electron chi connectivity index (χ4n) is 1.96. The Morgan fingerprint density at radius 2 is 2.35 bits per heavy atom. The Bertz CT molecular complexity index is 436. The first-order valence-corrected chi connectivity index (χ1v) is 5.48. The molecule has 6 heteroatoms. The van der Waals surface area contributed by atoms with Crippen LogP contribution in [-0.4, -0.2) is 30.7 Å². The van der Waals surface area contributed by atoms with Gasteiger partial charge in [0.15, 0.2) is 0 Å². The monoisotopic (exact) mass is 237 g/mol. The summed E-state index contributed by atoms with van der Waals surface area (Å²) >= 11 is 0. The van der Waals surface area contributed by atoms with E-state index in [2.05, 4.69) is 4.90 Å². The SMILES string of the molecule is C[C@@H]1CN(c2ccc([N+](=O)[O-])c(N)c2)CCO1. The van der Waals surface area contributed by atoms with Gasteiger partial charge in [-0.3, -0.25) is 10.1 Å². The van der Waals surface area contributed by atoms with E-state index in [1.165, 1.54) is 6.07 Å². The lowest BCUT2D eigenvalue weighted by atomic mass is 10.2. The molecule has 1 saturated heterocycles. The molecule has 1 aliphatic heterocycles. The molecule has 1 atom stereocenters. The Labute approximate surface area is 99.1 Å². The van der Waals surface area contributed by atoms with Crippen molar-refractivity contribution in [2.24, 2.45) is 0 Å². The number of ether oxygens (including phenoxy) is 1. The summed E-state index contributed by atoms with van der Waals surface area (Å²) < 4.78 is 5.44. The van der Waals surface area contributed by atoms with Crippen LogP contribution in [0.4, 0.5) is 17.1 Å². The van der Waals surface area contributed by atoms with Gasteiger partial charge in [-0.25, -0.2) is 0 Å². The molecule has 1 heterocycles. The molecule has 0 aromatic heterocycles. The van der Waals surface area contributed by atoms with Crippen LogP contribution in [-0.2, 0) is 4.74 Å². The predicted molar refractivity (Wildman–Crippen MR) is 65.1 cm³/mol. The van der Waals surface area contributed by atoms with E-state index in [1.54, 1.807) is 12.1 Å². The van der Waals surface area contributed by atoms with Crippen LogP contribution >= 0.6 is 0 Å². The largest absolute Gasteiger partial charge is 0.393 e. The molecule has 0 radical (unpaired) electrons. The van der Waals surface area contributed by atoms with Crippen LogP contribution in [0.25, 0.3) is 0 Å². The zero-order valence-electron chi connectivity index (χ0n) is 9.63. The van der Waals surface area contributed by atoms with Gasteiger partial charge < -0.3 is 15.4 Å². The molecule has 2 N–H and O–H groups in total. The van der Waals surface area contributed by atoms with Crippen LogP contribution in [0.15, 0.2) is 18.2 Å². The lowest BCUT2D eigenvalue weighted by Crippen LogP contribution is -2.41. The maximum absolute atomic E-state index is 10.7. The molecule has 17 heavy (non-hydrogen) atoms. The average molecular weight is 237 g/mol. The second-order valence-electron chi connectivity index (χ2n) is 4.13. The van der Waals surface area contributed by atoms with Gasteiger partial charge in [-0.1, -0.05) is 0 Å². The van der Waals surface area contributed by atoms with Crippen LogP contribution in [0.1, 0.15) is 6.92 Å². The van der Waals surface area contributed by atoms with Gasteiger partial charge in [0.2, 0.25) is 0 Å². The molecule has 0 saturated carbocycles. The minimum absolute atomic E-state index is 0.0462. The summed E-state index contributed by atoms with van der Waals surface area (Å²) in [5.74, 6) is 0. The van der Waals surface area contributed by atoms with Crippen molar-refractivity contribution in [2.75, 3.05) is 30.3 Å². The third-order valence-corrected chi connectivity index (χ3v) is 2.81. The summed E-state index contributed by atoms with van der Waals surface area (Å²) in [5.41, 5.74) is 6.72. The number of nitro benzene ring substituents is 1. The summed E-state index contributed by atoms with van der Waals surface area (Å²) in [5, 5.41) is 10.7. The number of hydrogen-bond acceptors (Lipinski definition) is 5. The first kappa shape index (κ1) is 11.7. The third-order valence-electron chi connectivity index (χ3n) is 2.81. The molecule has 1 aromatic carbocycles. The van der Waals surface area contributed by atoms with E-state index in [9.17, 15) is 10.1 Å². The van der Waals surface area contributed by atoms with E-state index in [0.717, 1.165) is 18.8 Å². The molecule has 0 amide bonds. The minimum Gasteiger partial charge on any atom is -0.393 e. The highest BCUT2D eigenvalue weighted by atomic mass is 16.6. The fourth-order valence-corrected chi connectivity index (χ4v) is 1.96. The number of nitrogen functional groups attached to an aromatic ring is 1. The summed E-state index contributed by atoms with van der Waals surface area (Å²) in [6.45, 7) is 4.22. The molecule has 2 rings (SSSR count). The van der Waals surface area contributed by atoms with Crippen molar-refractivity contribution in [1.29, 1.82) is 0 Å². The quantitative estimate of drug-likeness (QED) is 0.477. The van der Waals surface area contributed by atoms with E-state index in [1.807, 2.05) is 6.92 Å². The zero-order valence-corrected chi connectivity index (χ0v) is 9.63. The Morgan fingerprint density at radius 1 is 1.59 bits per heavy atom. The lowest BCUT2D eigenvalue weighted by molar-refractivity contribution is -0.383. The molecular weight excluding hydrogens is 222 g/mol. The van der Waals surface area contributed by atoms with Crippen molar-refractivity contribution in [1.82, 2.24) is 0 Å². The summed E-state index contributed by atoms with van der Waals surface area (Å²) in [7, 11) is 0. The highest BCUT2D eigenvalue weighted by Gasteiger charge is 2.19. The van der Waals surface area contributed by atoms with Gasteiger partial charge in [-0.05, 0) is 19.1 Å². The molecule has 0 spiro atoms. The van der Waals surface area contributed by atoms with Gasteiger partial charge in [-0.15, -0.1) is 0 Å². The van der Waals surface area contributed by atoms with Crippen LogP contribution in [0.3, 0.4) is 0 Å². The third kappa shape index (κ3) is 2.47. The smallest absolute Gasteiger partial charge is 0.292 e. The van der Waals surface area contributed by atoms with Crippen molar-refractivity contribution < 1.29 is 9.66 Å². The predicted octanol–water partition coefficient (Wildman–Crippen LogP) is 1.40. The first-order valence-electron chi connectivity index (χ1n) is 5.48. The van der Waals surface area contributed by atoms with Crippen molar-refractivity contribution in [3.8, 4) is 0 Å². The highest BCUT2D eigenvalue weighted by Crippen LogP contribution is 2.27. The Kier molecular flexibility index (Phi) is 3.14. The number of rotatable bonds is 2. The van der Waals surface area contributed by atoms with E-state index in [0.29, 0.717) is 6.61 Å².